The Morgan fingerprint density at radius 2 is 1.76 bits per heavy atom. The summed E-state index contributed by atoms with van der Waals surface area (Å²) in [6, 6.07) is 11.9. The van der Waals surface area contributed by atoms with Gasteiger partial charge in [0.1, 0.15) is 28.6 Å². The molecule has 2 amide bonds. The highest BCUT2D eigenvalue weighted by Crippen LogP contribution is 2.39. The molecule has 3 aromatic rings. The normalized spacial score (nSPS) is 22.7. The van der Waals surface area contributed by atoms with E-state index < -0.39 is 17.6 Å². The lowest BCUT2D eigenvalue weighted by molar-refractivity contribution is 0.0946. The molecule has 42 heavy (non-hydrogen) atoms. The molecule has 1 aromatic heterocycles. The van der Waals surface area contributed by atoms with Crippen LogP contribution in [0.25, 0.3) is 11.3 Å². The summed E-state index contributed by atoms with van der Waals surface area (Å²) < 4.78 is 20.7. The summed E-state index contributed by atoms with van der Waals surface area (Å²) >= 11 is 0. The highest BCUT2D eigenvalue weighted by Gasteiger charge is 2.40. The van der Waals surface area contributed by atoms with Crippen LogP contribution in [-0.4, -0.2) is 65.8 Å². The standard InChI is InChI=1S/C31H38FN7O3/c1-42-26-7-6-22(32)14-25(26)31(41)36-15-18-2-4-19(5-3-18)28-27(30(34)40)29(33)39(37-28)23-8-10-38(11-9-23)24-12-20-16-35-17-21(20)13-24/h2-7,14,20-21,23-24,35H,8-13,15-17,33H2,1H3,(H2,34,40)(H,36,41)/t20-,21+,24?. The average molecular weight is 576 g/mol. The van der Waals surface area contributed by atoms with Gasteiger partial charge in [-0.25, -0.2) is 9.07 Å². The fraction of sp³-hybridized carbons (Fsp3) is 0.452. The predicted octanol–water partition coefficient (Wildman–Crippen LogP) is 2.94. The molecule has 2 aromatic carbocycles. The molecule has 3 fully saturated rings. The van der Waals surface area contributed by atoms with Crippen molar-refractivity contribution in [1.29, 1.82) is 0 Å². The SMILES string of the molecule is COc1ccc(F)cc1C(=O)NCc1ccc(-c2nn(C3CCN(C4C[C@H]5CNC[C@H]5C4)CC3)c(N)c2C(N)=O)cc1. The average Bonchev–Trinajstić information content (AvgIpc) is 3.70. The lowest BCUT2D eigenvalue weighted by atomic mass is 10.0. The maximum atomic E-state index is 13.7. The van der Waals surface area contributed by atoms with E-state index in [0.717, 1.165) is 62.5 Å². The molecule has 3 heterocycles. The second kappa shape index (κ2) is 11.7. The second-order valence-corrected chi connectivity index (χ2v) is 11.7. The van der Waals surface area contributed by atoms with Gasteiger partial charge >= 0.3 is 0 Å². The van der Waals surface area contributed by atoms with E-state index in [1.54, 1.807) is 4.68 Å². The van der Waals surface area contributed by atoms with E-state index in [-0.39, 0.29) is 23.7 Å². The molecular formula is C31H38FN7O3. The Balaban J connectivity index is 1.12. The van der Waals surface area contributed by atoms with E-state index in [2.05, 4.69) is 15.5 Å². The number of hydrogen-bond acceptors (Lipinski definition) is 7. The van der Waals surface area contributed by atoms with Crippen molar-refractivity contribution in [3.8, 4) is 17.0 Å². The van der Waals surface area contributed by atoms with Crippen molar-refractivity contribution in [2.45, 2.75) is 44.3 Å². The van der Waals surface area contributed by atoms with Gasteiger partial charge in [0.05, 0.1) is 18.7 Å². The summed E-state index contributed by atoms with van der Waals surface area (Å²) in [4.78, 5) is 27.8. The number of amides is 2. The predicted molar refractivity (Wildman–Crippen MR) is 157 cm³/mol. The Labute approximate surface area is 244 Å². The first-order chi connectivity index (χ1) is 20.3. The van der Waals surface area contributed by atoms with Crippen LogP contribution in [0, 0.1) is 17.7 Å². The Morgan fingerprint density at radius 3 is 2.40 bits per heavy atom. The van der Waals surface area contributed by atoms with E-state index in [0.29, 0.717) is 28.9 Å². The van der Waals surface area contributed by atoms with Crippen LogP contribution >= 0.6 is 0 Å². The molecule has 10 nitrogen and oxygen atoms in total. The molecule has 11 heteroatoms. The van der Waals surface area contributed by atoms with E-state index >= 15 is 0 Å². The maximum absolute atomic E-state index is 13.7. The van der Waals surface area contributed by atoms with Crippen molar-refractivity contribution < 1.29 is 18.7 Å². The first kappa shape index (κ1) is 28.2. The van der Waals surface area contributed by atoms with Crippen LogP contribution in [0.5, 0.6) is 5.75 Å². The number of hydrogen-bond donors (Lipinski definition) is 4. The van der Waals surface area contributed by atoms with E-state index in [9.17, 15) is 14.0 Å². The molecule has 6 rings (SSSR count). The fourth-order valence-electron chi connectivity index (χ4n) is 7.01. The van der Waals surface area contributed by atoms with Crippen LogP contribution < -0.4 is 26.8 Å². The number of nitrogen functional groups attached to an aromatic ring is 1. The van der Waals surface area contributed by atoms with Crippen LogP contribution in [0.3, 0.4) is 0 Å². The van der Waals surface area contributed by atoms with Gasteiger partial charge in [0, 0.05) is 31.2 Å². The number of likely N-dealkylation sites (tertiary alicyclic amines) is 1. The number of primary amides is 1. The van der Waals surface area contributed by atoms with E-state index in [1.165, 1.54) is 32.1 Å². The third kappa shape index (κ3) is 5.46. The number of ether oxygens (including phenoxy) is 1. The molecule has 1 saturated carbocycles. The summed E-state index contributed by atoms with van der Waals surface area (Å²) in [5.74, 6) is 0.644. The molecule has 0 bridgehead atoms. The zero-order valence-corrected chi connectivity index (χ0v) is 23.8. The van der Waals surface area contributed by atoms with Crippen molar-refractivity contribution in [1.82, 2.24) is 25.3 Å². The number of halogens is 1. The number of nitrogens with zero attached hydrogens (tertiary/aromatic N) is 3. The van der Waals surface area contributed by atoms with Gasteiger partial charge in [0.15, 0.2) is 0 Å². The summed E-state index contributed by atoms with van der Waals surface area (Å²) in [7, 11) is 1.43. The number of rotatable bonds is 8. The Kier molecular flexibility index (Phi) is 7.87. The first-order valence-electron chi connectivity index (χ1n) is 14.7. The molecule has 0 spiro atoms. The molecule has 1 unspecified atom stereocenters. The zero-order chi connectivity index (χ0) is 29.4. The van der Waals surface area contributed by atoms with Crippen molar-refractivity contribution in [3.63, 3.8) is 0 Å². The zero-order valence-electron chi connectivity index (χ0n) is 23.8. The number of nitrogens with two attached hydrogens (primary N) is 2. The van der Waals surface area contributed by atoms with Gasteiger partial charge in [-0.15, -0.1) is 0 Å². The number of nitrogens with one attached hydrogen (secondary N) is 2. The van der Waals surface area contributed by atoms with Gasteiger partial charge in [-0.05, 0) is 74.4 Å². The van der Waals surface area contributed by atoms with Crippen molar-refractivity contribution in [2.24, 2.45) is 17.6 Å². The molecule has 3 aliphatic rings. The van der Waals surface area contributed by atoms with Crippen LogP contribution in [0.1, 0.15) is 58.0 Å². The van der Waals surface area contributed by atoms with Gasteiger partial charge in [-0.3, -0.25) is 9.59 Å². The van der Waals surface area contributed by atoms with Crippen LogP contribution in [0.4, 0.5) is 10.2 Å². The minimum Gasteiger partial charge on any atom is -0.496 e. The number of anilines is 1. The first-order valence-corrected chi connectivity index (χ1v) is 14.7. The molecule has 2 saturated heterocycles. The monoisotopic (exact) mass is 575 g/mol. The highest BCUT2D eigenvalue weighted by molar-refractivity contribution is 6.03. The lowest BCUT2D eigenvalue weighted by Crippen LogP contribution is -2.41. The molecule has 6 N–H and O–H groups in total. The Bertz CT molecular complexity index is 1450. The topological polar surface area (TPSA) is 141 Å². The molecule has 1 aliphatic carbocycles. The molecule has 0 radical (unpaired) electrons. The minimum absolute atomic E-state index is 0.102. The lowest BCUT2D eigenvalue weighted by Gasteiger charge is -2.36. The summed E-state index contributed by atoms with van der Waals surface area (Å²) in [6.45, 7) is 4.50. The second-order valence-electron chi connectivity index (χ2n) is 11.7. The van der Waals surface area contributed by atoms with Gasteiger partial charge in [-0.2, -0.15) is 5.10 Å². The molecule has 3 atom stereocenters. The number of aromatic nitrogens is 2. The maximum Gasteiger partial charge on any atom is 0.255 e. The van der Waals surface area contributed by atoms with Crippen molar-refractivity contribution in [2.75, 3.05) is 39.0 Å². The number of methoxy groups -OCH3 is 1. The number of carbonyl (C=O) groups excluding carboxylic acids is 2. The van der Waals surface area contributed by atoms with Gasteiger partial charge in [-0.1, -0.05) is 24.3 Å². The number of carbonyl (C=O) groups is 2. The smallest absolute Gasteiger partial charge is 0.255 e. The van der Waals surface area contributed by atoms with Crippen LogP contribution in [0.15, 0.2) is 42.5 Å². The fourth-order valence-corrected chi connectivity index (χ4v) is 7.01. The van der Waals surface area contributed by atoms with E-state index in [1.807, 2.05) is 24.3 Å². The van der Waals surface area contributed by atoms with Gasteiger partial charge in [0.25, 0.3) is 11.8 Å². The van der Waals surface area contributed by atoms with Gasteiger partial charge in [0.2, 0.25) is 0 Å². The Hall–Kier alpha value is -3.96. The van der Waals surface area contributed by atoms with Gasteiger partial charge < -0.3 is 31.7 Å². The number of fused-ring (bicyclic) bond motifs is 1. The van der Waals surface area contributed by atoms with E-state index in [4.69, 9.17) is 21.3 Å². The van der Waals surface area contributed by atoms with Crippen LogP contribution in [-0.2, 0) is 6.54 Å². The highest BCUT2D eigenvalue weighted by atomic mass is 19.1. The molecule has 2 aliphatic heterocycles. The Morgan fingerprint density at radius 1 is 1.07 bits per heavy atom. The number of piperidine rings is 1. The van der Waals surface area contributed by atoms with Crippen molar-refractivity contribution >= 4 is 17.6 Å². The summed E-state index contributed by atoms with van der Waals surface area (Å²) in [5.41, 5.74) is 14.6. The largest absolute Gasteiger partial charge is 0.496 e. The third-order valence-corrected chi connectivity index (χ3v) is 9.27. The summed E-state index contributed by atoms with van der Waals surface area (Å²) in [5, 5.41) is 11.1. The quantitative estimate of drug-likeness (QED) is 0.324. The minimum atomic E-state index is -0.613. The van der Waals surface area contributed by atoms with Crippen molar-refractivity contribution in [3.05, 3.63) is 65.0 Å². The van der Waals surface area contributed by atoms with Crippen LogP contribution in [0.2, 0.25) is 0 Å². The summed E-state index contributed by atoms with van der Waals surface area (Å²) in [6.07, 6.45) is 4.40. The molecule has 222 valence electrons. The number of benzene rings is 2. The molecular weight excluding hydrogens is 537 g/mol. The third-order valence-electron chi connectivity index (χ3n) is 9.27.